The fourth-order valence-electron chi connectivity index (χ4n) is 5.69. The molecule has 1 aliphatic heterocycles. The summed E-state index contributed by atoms with van der Waals surface area (Å²) < 4.78 is 7.74. The van der Waals surface area contributed by atoms with Gasteiger partial charge in [-0.15, -0.1) is 0 Å². The maximum absolute atomic E-state index is 13.5. The Labute approximate surface area is 232 Å². The van der Waals surface area contributed by atoms with Crippen LogP contribution in [0.25, 0.3) is 0 Å². The van der Waals surface area contributed by atoms with Crippen LogP contribution < -0.4 is 0 Å². The summed E-state index contributed by atoms with van der Waals surface area (Å²) in [5, 5.41) is 32.6. The Bertz CT molecular complexity index is 1380. The standard InChI is InChI=1S/C29H28Br2O6/c1-5-15-17(7-3)25(23(32)12-21(15)30)29(26-18(8-4)16(6-2)22(31)13-24(26)33)20-10-9-14(27(34)35)11-19(20)28(36)37-29/h9-13,32-33H,5-8H2,1-4H3,(H,34,35). The van der Waals surface area contributed by atoms with Crippen molar-refractivity contribution in [2.45, 2.75) is 59.0 Å². The molecule has 3 aromatic carbocycles. The first-order chi connectivity index (χ1) is 17.6. The summed E-state index contributed by atoms with van der Waals surface area (Å²) in [6.07, 6.45) is 2.34. The first-order valence-electron chi connectivity index (χ1n) is 12.3. The molecule has 4 rings (SSSR count). The molecule has 0 atom stereocenters. The van der Waals surface area contributed by atoms with E-state index in [0.29, 0.717) is 42.4 Å². The van der Waals surface area contributed by atoms with E-state index < -0.39 is 17.5 Å². The minimum Gasteiger partial charge on any atom is -0.507 e. The van der Waals surface area contributed by atoms with Crippen molar-refractivity contribution in [3.05, 3.63) is 89.3 Å². The van der Waals surface area contributed by atoms with E-state index in [1.165, 1.54) is 12.1 Å². The Morgan fingerprint density at radius 1 is 0.811 bits per heavy atom. The highest BCUT2D eigenvalue weighted by atomic mass is 79.9. The quantitative estimate of drug-likeness (QED) is 0.242. The van der Waals surface area contributed by atoms with E-state index in [1.54, 1.807) is 18.2 Å². The smallest absolute Gasteiger partial charge is 0.340 e. The van der Waals surface area contributed by atoms with Crippen LogP contribution in [0.5, 0.6) is 11.5 Å². The molecule has 0 spiro atoms. The fourth-order valence-corrected chi connectivity index (χ4v) is 7.16. The molecule has 37 heavy (non-hydrogen) atoms. The summed E-state index contributed by atoms with van der Waals surface area (Å²) in [5.74, 6) is -2.07. The molecule has 1 aliphatic rings. The zero-order valence-corrected chi connectivity index (χ0v) is 24.2. The summed E-state index contributed by atoms with van der Waals surface area (Å²) >= 11 is 7.14. The third-order valence-corrected chi connectivity index (χ3v) is 8.59. The van der Waals surface area contributed by atoms with E-state index in [4.69, 9.17) is 4.74 Å². The van der Waals surface area contributed by atoms with Crippen LogP contribution in [0, 0.1) is 0 Å². The van der Waals surface area contributed by atoms with Crippen LogP contribution in [0.1, 0.15) is 87.4 Å². The van der Waals surface area contributed by atoms with Crippen molar-refractivity contribution >= 4 is 43.8 Å². The summed E-state index contributed by atoms with van der Waals surface area (Å²) in [5.41, 5.74) is 2.96. The molecule has 0 saturated carbocycles. The summed E-state index contributed by atoms with van der Waals surface area (Å²) in [4.78, 5) is 25.2. The highest BCUT2D eigenvalue weighted by Crippen LogP contribution is 2.56. The molecule has 1 heterocycles. The predicted molar refractivity (Wildman–Crippen MR) is 148 cm³/mol. The summed E-state index contributed by atoms with van der Waals surface area (Å²) in [6.45, 7) is 7.93. The van der Waals surface area contributed by atoms with Crippen LogP contribution in [-0.4, -0.2) is 27.3 Å². The lowest BCUT2D eigenvalue weighted by Crippen LogP contribution is -2.33. The van der Waals surface area contributed by atoms with E-state index in [9.17, 15) is 24.9 Å². The molecular weight excluding hydrogens is 604 g/mol. The molecule has 0 fully saturated rings. The van der Waals surface area contributed by atoms with Gasteiger partial charge in [-0.05, 0) is 72.2 Å². The lowest BCUT2D eigenvalue weighted by Gasteiger charge is -2.36. The maximum atomic E-state index is 13.5. The van der Waals surface area contributed by atoms with Crippen molar-refractivity contribution in [2.75, 3.05) is 0 Å². The minimum absolute atomic E-state index is 0.0542. The largest absolute Gasteiger partial charge is 0.507 e. The zero-order valence-electron chi connectivity index (χ0n) is 21.0. The zero-order chi connectivity index (χ0) is 27.2. The highest BCUT2D eigenvalue weighted by Gasteiger charge is 2.54. The van der Waals surface area contributed by atoms with Gasteiger partial charge in [0.2, 0.25) is 0 Å². The number of hydrogen-bond donors (Lipinski definition) is 3. The third-order valence-electron chi connectivity index (χ3n) is 7.18. The van der Waals surface area contributed by atoms with Gasteiger partial charge in [0, 0.05) is 14.5 Å². The molecule has 8 heteroatoms. The number of carbonyl (C=O) groups excluding carboxylic acids is 1. The number of fused-ring (bicyclic) bond motifs is 1. The first kappa shape index (κ1) is 27.2. The highest BCUT2D eigenvalue weighted by molar-refractivity contribution is 9.10. The number of hydrogen-bond acceptors (Lipinski definition) is 5. The predicted octanol–water partition coefficient (Wildman–Crippen LogP) is 7.03. The number of phenolic OH excluding ortho intramolecular Hbond substituents is 2. The molecule has 6 nitrogen and oxygen atoms in total. The van der Waals surface area contributed by atoms with E-state index in [-0.39, 0.29) is 22.6 Å². The number of cyclic esters (lactones) is 1. The van der Waals surface area contributed by atoms with Gasteiger partial charge in [0.05, 0.1) is 22.3 Å². The number of ether oxygens (including phenoxy) is 1. The second-order valence-corrected chi connectivity index (χ2v) is 10.7. The number of benzene rings is 3. The molecule has 0 aromatic heterocycles. The molecular formula is C29H28Br2O6. The normalized spacial score (nSPS) is 13.9. The number of halogens is 2. The van der Waals surface area contributed by atoms with Crippen LogP contribution >= 0.6 is 31.9 Å². The lowest BCUT2D eigenvalue weighted by molar-refractivity contribution is 0.0234. The molecule has 3 N–H and O–H groups in total. The van der Waals surface area contributed by atoms with Crippen LogP contribution in [0.3, 0.4) is 0 Å². The van der Waals surface area contributed by atoms with Crippen molar-refractivity contribution in [1.29, 1.82) is 0 Å². The van der Waals surface area contributed by atoms with Gasteiger partial charge < -0.3 is 20.1 Å². The van der Waals surface area contributed by atoms with Gasteiger partial charge in [0.25, 0.3) is 0 Å². The lowest BCUT2D eigenvalue weighted by atomic mass is 9.72. The first-order valence-corrected chi connectivity index (χ1v) is 13.8. The topological polar surface area (TPSA) is 104 Å². The van der Waals surface area contributed by atoms with Crippen molar-refractivity contribution in [3.8, 4) is 11.5 Å². The molecule has 0 unspecified atom stereocenters. The molecule has 0 amide bonds. The van der Waals surface area contributed by atoms with Gasteiger partial charge in [-0.25, -0.2) is 9.59 Å². The fraction of sp³-hybridized carbons (Fsp3) is 0.310. The number of carbonyl (C=O) groups is 2. The van der Waals surface area contributed by atoms with E-state index >= 15 is 0 Å². The average molecular weight is 632 g/mol. The van der Waals surface area contributed by atoms with Crippen molar-refractivity contribution < 1.29 is 29.6 Å². The Balaban J connectivity index is 2.29. The molecule has 0 bridgehead atoms. The summed E-state index contributed by atoms with van der Waals surface area (Å²) in [6, 6.07) is 7.46. The van der Waals surface area contributed by atoms with E-state index in [1.807, 2.05) is 27.7 Å². The van der Waals surface area contributed by atoms with Crippen LogP contribution in [0.2, 0.25) is 0 Å². The number of esters is 1. The van der Waals surface area contributed by atoms with Crippen LogP contribution in [0.15, 0.2) is 39.3 Å². The maximum Gasteiger partial charge on any atom is 0.340 e. The number of carboxylic acid groups (broad SMARTS) is 1. The Morgan fingerprint density at radius 3 is 1.68 bits per heavy atom. The van der Waals surface area contributed by atoms with Gasteiger partial charge in [0.1, 0.15) is 11.5 Å². The summed E-state index contributed by atoms with van der Waals surface area (Å²) in [7, 11) is 0. The van der Waals surface area contributed by atoms with Crippen molar-refractivity contribution in [2.24, 2.45) is 0 Å². The number of rotatable bonds is 7. The second-order valence-electron chi connectivity index (χ2n) is 8.97. The Kier molecular flexibility index (Phi) is 7.45. The monoisotopic (exact) mass is 630 g/mol. The SMILES string of the molecule is CCc1c(Br)cc(O)c(C2(c3c(O)cc(Br)c(CC)c3CC)OC(=O)c3cc(C(=O)O)ccc32)c1CC. The van der Waals surface area contributed by atoms with Crippen LogP contribution in [-0.2, 0) is 36.0 Å². The average Bonchev–Trinajstić information content (AvgIpc) is 3.14. The van der Waals surface area contributed by atoms with Crippen LogP contribution in [0.4, 0.5) is 0 Å². The molecule has 0 aliphatic carbocycles. The van der Waals surface area contributed by atoms with Crippen molar-refractivity contribution in [1.82, 2.24) is 0 Å². The van der Waals surface area contributed by atoms with Gasteiger partial charge in [-0.3, -0.25) is 0 Å². The van der Waals surface area contributed by atoms with Gasteiger partial charge in [-0.1, -0.05) is 65.6 Å². The molecule has 0 radical (unpaired) electrons. The number of carboxylic acids is 1. The van der Waals surface area contributed by atoms with Crippen molar-refractivity contribution in [3.63, 3.8) is 0 Å². The molecule has 0 saturated heterocycles. The number of aromatic carboxylic acids is 1. The van der Waals surface area contributed by atoms with Gasteiger partial charge in [0.15, 0.2) is 5.60 Å². The Morgan fingerprint density at radius 2 is 1.27 bits per heavy atom. The van der Waals surface area contributed by atoms with E-state index in [0.717, 1.165) is 31.2 Å². The van der Waals surface area contributed by atoms with E-state index in [2.05, 4.69) is 31.9 Å². The Hall–Kier alpha value is -2.84. The third kappa shape index (κ3) is 4.05. The van der Waals surface area contributed by atoms with Gasteiger partial charge >= 0.3 is 11.9 Å². The molecule has 3 aromatic rings. The second kappa shape index (κ2) is 10.1. The number of aromatic hydroxyl groups is 2. The minimum atomic E-state index is -1.69. The molecule has 194 valence electrons. The number of phenols is 2. The van der Waals surface area contributed by atoms with Gasteiger partial charge in [-0.2, -0.15) is 0 Å².